The zero-order valence-corrected chi connectivity index (χ0v) is 21.8. The van der Waals surface area contributed by atoms with Crippen LogP contribution >= 0.6 is 0 Å². The van der Waals surface area contributed by atoms with Gasteiger partial charge in [0.2, 0.25) is 5.95 Å². The van der Waals surface area contributed by atoms with E-state index < -0.39 is 16.1 Å². The molecule has 0 saturated carbocycles. The molecule has 0 atom stereocenters. The second-order valence-corrected chi connectivity index (χ2v) is 11.1. The lowest BCUT2D eigenvalue weighted by Crippen LogP contribution is -2.39. The molecule has 0 aliphatic carbocycles. The van der Waals surface area contributed by atoms with E-state index in [1.807, 2.05) is 60.4 Å². The Balaban J connectivity index is 1.37. The number of nitrogens with zero attached hydrogens (tertiary/aromatic N) is 4. The number of benzene rings is 2. The number of hydrogen-bond acceptors (Lipinski definition) is 7. The summed E-state index contributed by atoms with van der Waals surface area (Å²) in [6.07, 6.45) is 1.46. The van der Waals surface area contributed by atoms with Crippen molar-refractivity contribution < 1.29 is 17.2 Å². The van der Waals surface area contributed by atoms with Crippen LogP contribution in [-0.2, 0) is 16.8 Å². The fourth-order valence-electron chi connectivity index (χ4n) is 3.75. The first-order valence-electron chi connectivity index (χ1n) is 11.9. The highest BCUT2D eigenvalue weighted by Crippen LogP contribution is 2.31. The van der Waals surface area contributed by atoms with E-state index in [4.69, 9.17) is 0 Å². The molecule has 198 valence electrons. The van der Waals surface area contributed by atoms with E-state index in [9.17, 15) is 17.2 Å². The van der Waals surface area contributed by atoms with Gasteiger partial charge in [-0.2, -0.15) is 22.4 Å². The van der Waals surface area contributed by atoms with E-state index in [2.05, 4.69) is 25.3 Å². The Morgan fingerprint density at radius 2 is 1.57 bits per heavy atom. The highest BCUT2D eigenvalue weighted by molar-refractivity contribution is 7.87. The first-order chi connectivity index (χ1) is 17.5. The van der Waals surface area contributed by atoms with Crippen LogP contribution in [0.3, 0.4) is 0 Å². The third-order valence-electron chi connectivity index (χ3n) is 6.11. The molecule has 2 aromatic carbocycles. The van der Waals surface area contributed by atoms with Crippen LogP contribution in [0.1, 0.15) is 24.0 Å². The van der Waals surface area contributed by atoms with Gasteiger partial charge in [-0.1, -0.05) is 12.1 Å². The van der Waals surface area contributed by atoms with E-state index in [1.54, 1.807) is 6.20 Å². The maximum absolute atomic E-state index is 13.4. The molecule has 1 saturated heterocycles. The Kier molecular flexibility index (Phi) is 7.90. The average molecular weight is 532 g/mol. The number of rotatable bonds is 9. The van der Waals surface area contributed by atoms with E-state index in [0.29, 0.717) is 24.9 Å². The van der Waals surface area contributed by atoms with Gasteiger partial charge >= 0.3 is 0 Å². The molecule has 1 aromatic heterocycles. The molecule has 0 spiro atoms. The van der Waals surface area contributed by atoms with Crippen molar-refractivity contribution in [3.63, 3.8) is 0 Å². The highest BCUT2D eigenvalue weighted by Gasteiger charge is 2.33. The van der Waals surface area contributed by atoms with Gasteiger partial charge < -0.3 is 15.5 Å². The summed E-state index contributed by atoms with van der Waals surface area (Å²) >= 11 is 0. The van der Waals surface area contributed by atoms with Crippen LogP contribution < -0.4 is 20.3 Å². The van der Waals surface area contributed by atoms with E-state index in [1.165, 1.54) is 14.1 Å². The summed E-state index contributed by atoms with van der Waals surface area (Å²) in [6.45, 7) is 2.75. The molecule has 0 amide bonds. The summed E-state index contributed by atoms with van der Waals surface area (Å²) in [5.74, 6) is -1.53. The molecule has 0 unspecified atom stereocenters. The van der Waals surface area contributed by atoms with Crippen LogP contribution in [0.25, 0.3) is 0 Å². The van der Waals surface area contributed by atoms with Crippen molar-refractivity contribution >= 4 is 39.0 Å². The second kappa shape index (κ2) is 11.0. The van der Waals surface area contributed by atoms with Crippen molar-refractivity contribution in [2.75, 3.05) is 42.7 Å². The predicted octanol–water partition coefficient (Wildman–Crippen LogP) is 4.40. The Morgan fingerprint density at radius 3 is 2.19 bits per heavy atom. The van der Waals surface area contributed by atoms with Gasteiger partial charge in [-0.15, -0.1) is 0 Å². The molecule has 9 nitrogen and oxygen atoms in total. The standard InChI is InChI=1S/C25H31F2N7O2S/c1-18-16-28-24(31-21-8-10-22(11-9-21)34-14-12-25(26,27)13-15-34)32-23(18)30-20-6-4-19(5-7-20)17-29-37(35,36)33(2)3/h4-11,16,29H,12-15,17H2,1-3H3,(H2,28,30,31,32). The number of nitrogens with one attached hydrogen (secondary N) is 3. The molecule has 3 aromatic rings. The van der Waals surface area contributed by atoms with Crippen LogP contribution in [-0.4, -0.2) is 55.8 Å². The van der Waals surface area contributed by atoms with Crippen LogP contribution in [0.15, 0.2) is 54.7 Å². The normalized spacial score (nSPS) is 15.6. The molecule has 1 aliphatic rings. The number of anilines is 5. The average Bonchev–Trinajstić information content (AvgIpc) is 2.86. The summed E-state index contributed by atoms with van der Waals surface area (Å²) in [5.41, 5.74) is 4.16. The summed E-state index contributed by atoms with van der Waals surface area (Å²) in [4.78, 5) is 10.9. The molecule has 12 heteroatoms. The lowest BCUT2D eigenvalue weighted by Gasteiger charge is -2.33. The van der Waals surface area contributed by atoms with Crippen LogP contribution in [0.4, 0.5) is 37.6 Å². The Labute approximate surface area is 216 Å². The monoisotopic (exact) mass is 531 g/mol. The molecule has 37 heavy (non-hydrogen) atoms. The van der Waals surface area contributed by atoms with Crippen molar-refractivity contribution in [1.29, 1.82) is 0 Å². The largest absolute Gasteiger partial charge is 0.371 e. The number of aromatic nitrogens is 2. The highest BCUT2D eigenvalue weighted by atomic mass is 32.2. The zero-order chi connectivity index (χ0) is 26.6. The van der Waals surface area contributed by atoms with Gasteiger partial charge in [0.05, 0.1) is 0 Å². The van der Waals surface area contributed by atoms with Gasteiger partial charge in [0.15, 0.2) is 0 Å². The molecule has 0 bridgehead atoms. The molecule has 4 rings (SSSR count). The minimum atomic E-state index is -3.49. The molecule has 3 N–H and O–H groups in total. The number of alkyl halides is 2. The van der Waals surface area contributed by atoms with Gasteiger partial charge in [-0.05, 0) is 48.9 Å². The quantitative estimate of drug-likeness (QED) is 0.376. The summed E-state index contributed by atoms with van der Waals surface area (Å²) in [7, 11) is -0.548. The molecule has 1 aliphatic heterocycles. The maximum atomic E-state index is 13.4. The van der Waals surface area contributed by atoms with Crippen LogP contribution in [0, 0.1) is 6.92 Å². The number of halogens is 2. The second-order valence-electron chi connectivity index (χ2n) is 9.17. The van der Waals surface area contributed by atoms with Gasteiger partial charge in [-0.25, -0.2) is 13.8 Å². The predicted molar refractivity (Wildman–Crippen MR) is 142 cm³/mol. The van der Waals surface area contributed by atoms with E-state index in [-0.39, 0.29) is 19.4 Å². The first kappa shape index (κ1) is 26.7. The SMILES string of the molecule is Cc1cnc(Nc2ccc(N3CCC(F)(F)CC3)cc2)nc1Nc1ccc(CNS(=O)(=O)N(C)C)cc1. The lowest BCUT2D eigenvalue weighted by atomic mass is 10.1. The van der Waals surface area contributed by atoms with Crippen molar-refractivity contribution in [2.45, 2.75) is 32.2 Å². The minimum absolute atomic E-state index is 0.127. The number of hydrogen-bond donors (Lipinski definition) is 3. The summed E-state index contributed by atoms with van der Waals surface area (Å²) in [6, 6.07) is 14.9. The molecule has 2 heterocycles. The lowest BCUT2D eigenvalue weighted by molar-refractivity contribution is -0.0220. The topological polar surface area (TPSA) is 102 Å². The minimum Gasteiger partial charge on any atom is -0.371 e. The van der Waals surface area contributed by atoms with Crippen molar-refractivity contribution in [3.8, 4) is 0 Å². The summed E-state index contributed by atoms with van der Waals surface area (Å²) in [5, 5.41) is 6.45. The maximum Gasteiger partial charge on any atom is 0.279 e. The van der Waals surface area contributed by atoms with Crippen molar-refractivity contribution in [1.82, 2.24) is 19.0 Å². The third kappa shape index (κ3) is 7.12. The fraction of sp³-hybridized carbons (Fsp3) is 0.360. The van der Waals surface area contributed by atoms with Crippen LogP contribution in [0.2, 0.25) is 0 Å². The molecular formula is C25H31F2N7O2S. The van der Waals surface area contributed by atoms with Gasteiger partial charge in [-0.3, -0.25) is 0 Å². The Morgan fingerprint density at radius 1 is 0.973 bits per heavy atom. The van der Waals surface area contributed by atoms with E-state index in [0.717, 1.165) is 32.5 Å². The first-order valence-corrected chi connectivity index (χ1v) is 13.3. The van der Waals surface area contributed by atoms with Gasteiger partial charge in [0.1, 0.15) is 5.82 Å². The zero-order valence-electron chi connectivity index (χ0n) is 21.0. The fourth-order valence-corrected chi connectivity index (χ4v) is 4.36. The van der Waals surface area contributed by atoms with Crippen LogP contribution in [0.5, 0.6) is 0 Å². The van der Waals surface area contributed by atoms with Gasteiger partial charge in [0, 0.05) is 75.4 Å². The molecule has 1 fully saturated rings. The van der Waals surface area contributed by atoms with Gasteiger partial charge in [0.25, 0.3) is 16.1 Å². The third-order valence-corrected chi connectivity index (χ3v) is 7.58. The van der Waals surface area contributed by atoms with Crippen molar-refractivity contribution in [2.24, 2.45) is 0 Å². The van der Waals surface area contributed by atoms with Crippen molar-refractivity contribution in [3.05, 3.63) is 65.9 Å². The molecular weight excluding hydrogens is 500 g/mol. The number of piperidine rings is 1. The smallest absolute Gasteiger partial charge is 0.279 e. The number of aryl methyl sites for hydroxylation is 1. The Bertz CT molecular complexity index is 1310. The van der Waals surface area contributed by atoms with E-state index >= 15 is 0 Å². The molecule has 0 radical (unpaired) electrons. The Hall–Kier alpha value is -3.35. The summed E-state index contributed by atoms with van der Waals surface area (Å²) < 4.78 is 54.3.